The molecule has 0 saturated heterocycles. The number of amides is 1. The molecule has 2 aromatic rings. The van der Waals surface area contributed by atoms with Crippen molar-refractivity contribution in [1.29, 1.82) is 0 Å². The molecule has 0 bridgehead atoms. The van der Waals surface area contributed by atoms with Gasteiger partial charge >= 0.3 is 0 Å². The van der Waals surface area contributed by atoms with E-state index in [1.807, 2.05) is 6.92 Å². The van der Waals surface area contributed by atoms with E-state index in [-0.39, 0.29) is 17.9 Å². The third kappa shape index (κ3) is 3.30. The molecule has 1 aromatic heterocycles. The number of aromatic nitrogens is 2. The van der Waals surface area contributed by atoms with Gasteiger partial charge in [-0.05, 0) is 19.9 Å². The Balaban J connectivity index is 2.11. The Hall–Kier alpha value is -2.28. The van der Waals surface area contributed by atoms with Crippen molar-refractivity contribution in [2.45, 2.75) is 26.0 Å². The van der Waals surface area contributed by atoms with Crippen molar-refractivity contribution >= 4 is 5.91 Å². The number of hydrogen-bond acceptors (Lipinski definition) is 3. The van der Waals surface area contributed by atoms with Crippen molar-refractivity contribution in [2.75, 3.05) is 6.54 Å². The second-order valence-corrected chi connectivity index (χ2v) is 5.12. The summed E-state index contributed by atoms with van der Waals surface area (Å²) in [7, 11) is 0. The van der Waals surface area contributed by atoms with E-state index in [9.17, 15) is 18.7 Å². The highest BCUT2D eigenvalue weighted by Gasteiger charge is 2.28. The molecule has 1 aromatic carbocycles. The predicted octanol–water partition coefficient (Wildman–Crippen LogP) is 1.82. The Morgan fingerprint density at radius 2 is 2.18 bits per heavy atom. The summed E-state index contributed by atoms with van der Waals surface area (Å²) in [5.74, 6) is -1.87. The summed E-state index contributed by atoms with van der Waals surface area (Å²) in [5, 5.41) is 12.8. The van der Waals surface area contributed by atoms with E-state index >= 15 is 0 Å². The molecule has 5 nitrogen and oxygen atoms in total. The molecule has 0 fully saturated rings. The molecule has 0 radical (unpaired) electrons. The average Bonchev–Trinajstić information content (AvgIpc) is 2.93. The summed E-state index contributed by atoms with van der Waals surface area (Å²) < 4.78 is 28.3. The van der Waals surface area contributed by atoms with E-state index in [0.29, 0.717) is 12.6 Å². The number of nitrogens with zero attached hydrogens (tertiary/aromatic N) is 2. The number of imidazole rings is 1. The standard InChI is InChI=1S/C15H17F2N3O2/c1-3-20-7-6-18-13(20)14(21)19-9-15(2,22)11-5-4-10(16)8-12(11)17/h4-8,22H,3,9H2,1-2H3,(H,19,21). The topological polar surface area (TPSA) is 67.2 Å². The number of carbonyl (C=O) groups is 1. The van der Waals surface area contributed by atoms with Crippen molar-refractivity contribution in [1.82, 2.24) is 14.9 Å². The molecular weight excluding hydrogens is 292 g/mol. The molecule has 1 unspecified atom stereocenters. The van der Waals surface area contributed by atoms with Gasteiger partial charge in [-0.1, -0.05) is 6.07 Å². The fourth-order valence-electron chi connectivity index (χ4n) is 2.13. The van der Waals surface area contributed by atoms with Crippen molar-refractivity contribution in [3.05, 3.63) is 53.6 Å². The summed E-state index contributed by atoms with van der Waals surface area (Å²) in [6, 6.07) is 2.90. The maximum Gasteiger partial charge on any atom is 0.287 e. The van der Waals surface area contributed by atoms with E-state index < -0.39 is 23.1 Å². The first-order valence-corrected chi connectivity index (χ1v) is 6.82. The van der Waals surface area contributed by atoms with Gasteiger partial charge in [0.2, 0.25) is 0 Å². The van der Waals surface area contributed by atoms with E-state index in [0.717, 1.165) is 12.1 Å². The monoisotopic (exact) mass is 309 g/mol. The van der Waals surface area contributed by atoms with Gasteiger partial charge in [0.15, 0.2) is 5.82 Å². The van der Waals surface area contributed by atoms with E-state index in [4.69, 9.17) is 0 Å². The van der Waals surface area contributed by atoms with E-state index in [1.165, 1.54) is 13.1 Å². The minimum Gasteiger partial charge on any atom is -0.383 e. The Kier molecular flexibility index (Phi) is 4.56. The number of carbonyl (C=O) groups excluding carboxylic acids is 1. The van der Waals surface area contributed by atoms with Gasteiger partial charge < -0.3 is 15.0 Å². The Morgan fingerprint density at radius 1 is 1.45 bits per heavy atom. The van der Waals surface area contributed by atoms with Crippen molar-refractivity contribution < 1.29 is 18.7 Å². The number of aliphatic hydroxyl groups is 1. The Morgan fingerprint density at radius 3 is 2.82 bits per heavy atom. The molecule has 0 aliphatic rings. The third-order valence-electron chi connectivity index (χ3n) is 3.36. The lowest BCUT2D eigenvalue weighted by Gasteiger charge is -2.24. The normalized spacial score (nSPS) is 13.7. The first kappa shape index (κ1) is 16.1. The molecule has 0 aliphatic heterocycles. The zero-order chi connectivity index (χ0) is 16.3. The van der Waals surface area contributed by atoms with Gasteiger partial charge in [0.05, 0.1) is 6.54 Å². The molecule has 1 atom stereocenters. The lowest BCUT2D eigenvalue weighted by molar-refractivity contribution is 0.0490. The first-order chi connectivity index (χ1) is 10.3. The van der Waals surface area contributed by atoms with Crippen molar-refractivity contribution in [2.24, 2.45) is 0 Å². The third-order valence-corrected chi connectivity index (χ3v) is 3.36. The second kappa shape index (κ2) is 6.23. The van der Waals surface area contributed by atoms with E-state index in [1.54, 1.807) is 10.8 Å². The minimum atomic E-state index is -1.67. The molecular formula is C15H17F2N3O2. The molecule has 7 heteroatoms. The van der Waals surface area contributed by atoms with Crippen LogP contribution in [0.15, 0.2) is 30.6 Å². The molecule has 0 aliphatic carbocycles. The fourth-order valence-corrected chi connectivity index (χ4v) is 2.13. The van der Waals surface area contributed by atoms with Crippen LogP contribution in [-0.2, 0) is 12.1 Å². The molecule has 22 heavy (non-hydrogen) atoms. The first-order valence-electron chi connectivity index (χ1n) is 6.82. The number of halogens is 2. The highest BCUT2D eigenvalue weighted by atomic mass is 19.1. The van der Waals surface area contributed by atoms with Gasteiger partial charge in [-0.15, -0.1) is 0 Å². The lowest BCUT2D eigenvalue weighted by Crippen LogP contribution is -2.40. The van der Waals surface area contributed by atoms with Crippen LogP contribution < -0.4 is 5.32 Å². The summed E-state index contributed by atoms with van der Waals surface area (Å²) in [6.07, 6.45) is 3.16. The van der Waals surface area contributed by atoms with Crippen molar-refractivity contribution in [3.63, 3.8) is 0 Å². The minimum absolute atomic E-state index is 0.0898. The molecule has 118 valence electrons. The number of hydrogen-bond donors (Lipinski definition) is 2. The largest absolute Gasteiger partial charge is 0.383 e. The number of aryl methyl sites for hydroxylation is 1. The van der Waals surface area contributed by atoms with E-state index in [2.05, 4.69) is 10.3 Å². The van der Waals surface area contributed by atoms with Crippen LogP contribution in [0.1, 0.15) is 30.0 Å². The van der Waals surface area contributed by atoms with Gasteiger partial charge in [-0.2, -0.15) is 0 Å². The quantitative estimate of drug-likeness (QED) is 0.885. The van der Waals surface area contributed by atoms with Gasteiger partial charge in [-0.25, -0.2) is 13.8 Å². The van der Waals surface area contributed by atoms with Crippen LogP contribution >= 0.6 is 0 Å². The fraction of sp³-hybridized carbons (Fsp3) is 0.333. The van der Waals surface area contributed by atoms with Gasteiger partial charge in [0.25, 0.3) is 5.91 Å². The molecule has 2 N–H and O–H groups in total. The van der Waals surface area contributed by atoms with Gasteiger partial charge in [-0.3, -0.25) is 4.79 Å². The summed E-state index contributed by atoms with van der Waals surface area (Å²) >= 11 is 0. The SMILES string of the molecule is CCn1ccnc1C(=O)NCC(C)(O)c1ccc(F)cc1F. The highest BCUT2D eigenvalue weighted by Crippen LogP contribution is 2.23. The second-order valence-electron chi connectivity index (χ2n) is 5.12. The Labute approximate surface area is 126 Å². The summed E-state index contributed by atoms with van der Waals surface area (Å²) in [6.45, 7) is 3.55. The zero-order valence-corrected chi connectivity index (χ0v) is 12.3. The maximum atomic E-state index is 13.7. The summed E-state index contributed by atoms with van der Waals surface area (Å²) in [4.78, 5) is 16.0. The van der Waals surface area contributed by atoms with Crippen LogP contribution in [0.3, 0.4) is 0 Å². The lowest BCUT2D eigenvalue weighted by atomic mass is 9.95. The van der Waals surface area contributed by atoms with Crippen LogP contribution in [0.25, 0.3) is 0 Å². The number of nitrogens with one attached hydrogen (secondary N) is 1. The average molecular weight is 309 g/mol. The molecule has 2 rings (SSSR count). The van der Waals surface area contributed by atoms with Gasteiger partial charge in [0.1, 0.15) is 17.2 Å². The summed E-state index contributed by atoms with van der Waals surface area (Å²) in [5.41, 5.74) is -1.76. The van der Waals surface area contributed by atoms with Crippen LogP contribution in [0.2, 0.25) is 0 Å². The molecule has 0 saturated carbocycles. The zero-order valence-electron chi connectivity index (χ0n) is 12.3. The van der Waals surface area contributed by atoms with Crippen LogP contribution in [0.5, 0.6) is 0 Å². The highest BCUT2D eigenvalue weighted by molar-refractivity contribution is 5.90. The number of rotatable bonds is 5. The van der Waals surface area contributed by atoms with Crippen LogP contribution in [-0.4, -0.2) is 27.1 Å². The maximum absolute atomic E-state index is 13.7. The van der Waals surface area contributed by atoms with Crippen molar-refractivity contribution in [3.8, 4) is 0 Å². The smallest absolute Gasteiger partial charge is 0.287 e. The Bertz CT molecular complexity index is 683. The molecule has 1 amide bonds. The van der Waals surface area contributed by atoms with Crippen LogP contribution in [0.4, 0.5) is 8.78 Å². The molecule has 1 heterocycles. The number of benzene rings is 1. The predicted molar refractivity (Wildman–Crippen MR) is 76.2 cm³/mol. The molecule has 0 spiro atoms. The van der Waals surface area contributed by atoms with Gasteiger partial charge in [0, 0.05) is 30.6 Å². The van der Waals surface area contributed by atoms with Crippen LogP contribution in [0, 0.1) is 11.6 Å².